The molecule has 128 valence electrons. The summed E-state index contributed by atoms with van der Waals surface area (Å²) in [5, 5.41) is 1.92. The summed E-state index contributed by atoms with van der Waals surface area (Å²) in [5.74, 6) is -0.608. The fraction of sp³-hybridized carbons (Fsp3) is 0.235. The summed E-state index contributed by atoms with van der Waals surface area (Å²) in [7, 11) is 0. The Labute approximate surface area is 142 Å². The number of hydrogen-bond acceptors (Lipinski definition) is 3. The molecule has 1 aromatic carbocycles. The van der Waals surface area contributed by atoms with Gasteiger partial charge in [-0.25, -0.2) is 0 Å². The third-order valence-electron chi connectivity index (χ3n) is 3.17. The predicted molar refractivity (Wildman–Crippen MR) is 87.6 cm³/mol. The first kappa shape index (κ1) is 18.1. The molecular formula is C17H16F3NO2S. The van der Waals surface area contributed by atoms with Crippen LogP contribution >= 0.6 is 11.3 Å². The van der Waals surface area contributed by atoms with Crippen molar-refractivity contribution in [2.24, 2.45) is 0 Å². The van der Waals surface area contributed by atoms with Gasteiger partial charge in [-0.3, -0.25) is 4.79 Å². The molecule has 7 heteroatoms. The number of carbonyl (C=O) groups excluding carboxylic acids is 1. The van der Waals surface area contributed by atoms with Crippen LogP contribution in [0.25, 0.3) is 6.08 Å². The van der Waals surface area contributed by atoms with Gasteiger partial charge in [0.05, 0.1) is 6.54 Å². The summed E-state index contributed by atoms with van der Waals surface area (Å²) in [4.78, 5) is 14.9. The number of rotatable bonds is 6. The molecule has 0 unspecified atom stereocenters. The van der Waals surface area contributed by atoms with Crippen LogP contribution in [0, 0.1) is 0 Å². The van der Waals surface area contributed by atoms with Crippen LogP contribution in [-0.4, -0.2) is 23.7 Å². The Morgan fingerprint density at radius 1 is 1.25 bits per heavy atom. The molecule has 0 saturated heterocycles. The zero-order chi connectivity index (χ0) is 17.6. The smallest absolute Gasteiger partial charge is 0.405 e. The van der Waals surface area contributed by atoms with E-state index in [2.05, 4.69) is 4.74 Å². The summed E-state index contributed by atoms with van der Waals surface area (Å²) in [6.07, 6.45) is -2.18. The van der Waals surface area contributed by atoms with Crippen molar-refractivity contribution in [3.8, 4) is 5.75 Å². The molecule has 0 aliphatic heterocycles. The van der Waals surface area contributed by atoms with Crippen LogP contribution in [0.5, 0.6) is 5.75 Å². The Morgan fingerprint density at radius 2 is 2.00 bits per heavy atom. The van der Waals surface area contributed by atoms with Gasteiger partial charge in [0.1, 0.15) is 5.75 Å². The van der Waals surface area contributed by atoms with Crippen molar-refractivity contribution >= 4 is 23.3 Å². The van der Waals surface area contributed by atoms with Crippen molar-refractivity contribution < 1.29 is 22.7 Å². The molecule has 1 amide bonds. The van der Waals surface area contributed by atoms with Crippen LogP contribution in [0.1, 0.15) is 17.4 Å². The van der Waals surface area contributed by atoms with E-state index in [1.165, 1.54) is 30.4 Å². The number of thiophene rings is 1. The van der Waals surface area contributed by atoms with E-state index in [9.17, 15) is 18.0 Å². The van der Waals surface area contributed by atoms with Crippen LogP contribution in [0.3, 0.4) is 0 Å². The zero-order valence-corrected chi connectivity index (χ0v) is 13.7. The maximum absolute atomic E-state index is 12.4. The van der Waals surface area contributed by atoms with E-state index in [1.54, 1.807) is 22.3 Å². The normalized spacial score (nSPS) is 11.7. The van der Waals surface area contributed by atoms with E-state index in [-0.39, 0.29) is 17.2 Å². The lowest BCUT2D eigenvalue weighted by atomic mass is 10.2. The number of likely N-dealkylation sites (N-methyl/N-ethyl adjacent to an activating group) is 1. The number of nitrogens with zero attached hydrogens (tertiary/aromatic N) is 1. The number of alkyl halides is 3. The molecule has 0 aliphatic carbocycles. The van der Waals surface area contributed by atoms with Gasteiger partial charge in [-0.1, -0.05) is 24.3 Å². The maximum Gasteiger partial charge on any atom is 0.573 e. The fourth-order valence-electron chi connectivity index (χ4n) is 2.04. The second-order valence-electron chi connectivity index (χ2n) is 4.85. The number of benzene rings is 1. The molecule has 3 nitrogen and oxygen atoms in total. The molecule has 0 atom stereocenters. The Hall–Kier alpha value is -2.28. The summed E-state index contributed by atoms with van der Waals surface area (Å²) < 4.78 is 41.1. The second-order valence-corrected chi connectivity index (χ2v) is 5.88. The maximum atomic E-state index is 12.4. The van der Waals surface area contributed by atoms with Crippen LogP contribution in [0.4, 0.5) is 13.2 Å². The van der Waals surface area contributed by atoms with Gasteiger partial charge in [0, 0.05) is 23.1 Å². The SMILES string of the molecule is CCN(Cc1cccs1)C(=O)/C=C/c1ccccc1OC(F)(F)F. The van der Waals surface area contributed by atoms with Crippen LogP contribution in [0.15, 0.2) is 47.9 Å². The number of halogens is 3. The van der Waals surface area contributed by atoms with E-state index < -0.39 is 6.36 Å². The van der Waals surface area contributed by atoms with E-state index in [0.717, 1.165) is 4.88 Å². The zero-order valence-electron chi connectivity index (χ0n) is 12.9. The molecule has 1 aromatic heterocycles. The first-order valence-corrected chi connectivity index (χ1v) is 8.11. The molecule has 0 aliphatic rings. The molecular weight excluding hydrogens is 339 g/mol. The minimum atomic E-state index is -4.78. The van der Waals surface area contributed by atoms with Crippen molar-refractivity contribution in [1.82, 2.24) is 4.90 Å². The summed E-state index contributed by atoms with van der Waals surface area (Å²) in [6, 6.07) is 9.52. The molecule has 24 heavy (non-hydrogen) atoms. The highest BCUT2D eigenvalue weighted by atomic mass is 32.1. The molecule has 0 fully saturated rings. The molecule has 2 aromatic rings. The lowest BCUT2D eigenvalue weighted by Crippen LogP contribution is -2.28. The van der Waals surface area contributed by atoms with Gasteiger partial charge in [0.25, 0.3) is 0 Å². The van der Waals surface area contributed by atoms with Crippen molar-refractivity contribution in [3.63, 3.8) is 0 Å². The topological polar surface area (TPSA) is 29.5 Å². The Morgan fingerprint density at radius 3 is 2.62 bits per heavy atom. The largest absolute Gasteiger partial charge is 0.573 e. The van der Waals surface area contributed by atoms with Gasteiger partial charge in [-0.05, 0) is 30.5 Å². The van der Waals surface area contributed by atoms with E-state index in [1.807, 2.05) is 24.4 Å². The highest BCUT2D eigenvalue weighted by molar-refractivity contribution is 7.09. The van der Waals surface area contributed by atoms with Gasteiger partial charge < -0.3 is 9.64 Å². The Balaban J connectivity index is 2.10. The van der Waals surface area contributed by atoms with E-state index in [4.69, 9.17) is 0 Å². The average molecular weight is 355 g/mol. The molecule has 0 spiro atoms. The Kier molecular flexibility index (Phi) is 6.03. The molecule has 2 rings (SSSR count). The van der Waals surface area contributed by atoms with Crippen LogP contribution < -0.4 is 4.74 Å². The third-order valence-corrected chi connectivity index (χ3v) is 4.03. The first-order chi connectivity index (χ1) is 11.4. The van der Waals surface area contributed by atoms with Gasteiger partial charge in [0.2, 0.25) is 5.91 Å². The van der Waals surface area contributed by atoms with Crippen molar-refractivity contribution in [2.45, 2.75) is 19.8 Å². The number of amides is 1. The van der Waals surface area contributed by atoms with E-state index >= 15 is 0 Å². The van der Waals surface area contributed by atoms with Gasteiger partial charge in [0.15, 0.2) is 0 Å². The average Bonchev–Trinajstić information content (AvgIpc) is 3.03. The highest BCUT2D eigenvalue weighted by Gasteiger charge is 2.31. The van der Waals surface area contributed by atoms with Gasteiger partial charge >= 0.3 is 6.36 Å². The monoisotopic (exact) mass is 355 g/mol. The predicted octanol–water partition coefficient (Wildman–Crippen LogP) is 4.71. The summed E-state index contributed by atoms with van der Waals surface area (Å²) in [5.41, 5.74) is 0.190. The minimum absolute atomic E-state index is 0.190. The van der Waals surface area contributed by atoms with Crippen molar-refractivity contribution in [3.05, 3.63) is 58.3 Å². The summed E-state index contributed by atoms with van der Waals surface area (Å²) >= 11 is 1.54. The lowest BCUT2D eigenvalue weighted by molar-refractivity contribution is -0.274. The number of carbonyl (C=O) groups is 1. The van der Waals surface area contributed by atoms with Crippen LogP contribution in [0.2, 0.25) is 0 Å². The second kappa shape index (κ2) is 8.01. The van der Waals surface area contributed by atoms with Crippen LogP contribution in [-0.2, 0) is 11.3 Å². The molecule has 1 heterocycles. The fourth-order valence-corrected chi connectivity index (χ4v) is 2.76. The number of ether oxygens (including phenoxy) is 1. The minimum Gasteiger partial charge on any atom is -0.405 e. The Bertz CT molecular complexity index is 696. The molecule has 0 N–H and O–H groups in total. The number of para-hydroxylation sites is 1. The highest BCUT2D eigenvalue weighted by Crippen LogP contribution is 2.27. The number of hydrogen-bond donors (Lipinski definition) is 0. The summed E-state index contributed by atoms with van der Waals surface area (Å²) in [6.45, 7) is 2.82. The van der Waals surface area contributed by atoms with E-state index in [0.29, 0.717) is 13.1 Å². The van der Waals surface area contributed by atoms with Crippen molar-refractivity contribution in [2.75, 3.05) is 6.54 Å². The first-order valence-electron chi connectivity index (χ1n) is 7.23. The molecule has 0 saturated carbocycles. The molecule has 0 bridgehead atoms. The quantitative estimate of drug-likeness (QED) is 0.703. The molecule has 0 radical (unpaired) electrons. The van der Waals surface area contributed by atoms with Gasteiger partial charge in [-0.15, -0.1) is 24.5 Å². The van der Waals surface area contributed by atoms with Gasteiger partial charge in [-0.2, -0.15) is 0 Å². The van der Waals surface area contributed by atoms with Crippen molar-refractivity contribution in [1.29, 1.82) is 0 Å². The lowest BCUT2D eigenvalue weighted by Gasteiger charge is -2.18. The standard InChI is InChI=1S/C17H16F3NO2S/c1-2-21(12-14-7-5-11-24-14)16(22)10-9-13-6-3-4-8-15(13)23-17(18,19)20/h3-11H,2,12H2,1H3/b10-9+. The third kappa shape index (κ3) is 5.42.